The molecule has 1 aliphatic heterocycles. The van der Waals surface area contributed by atoms with Crippen LogP contribution < -0.4 is 4.74 Å². The third-order valence-corrected chi connectivity index (χ3v) is 9.00. The molecule has 1 aromatic rings. The minimum Gasteiger partial charge on any atom is -0.507 e. The number of ether oxygens (including phenoxy) is 1. The van der Waals surface area contributed by atoms with Gasteiger partial charge in [0.05, 0.1) is 11.1 Å². The molecule has 5 nitrogen and oxygen atoms in total. The van der Waals surface area contributed by atoms with Crippen LogP contribution in [0.15, 0.2) is 11.6 Å². The maximum atomic E-state index is 12.1. The topological polar surface area (TPSA) is 83.8 Å². The van der Waals surface area contributed by atoms with E-state index in [1.165, 1.54) is 5.57 Å². The van der Waals surface area contributed by atoms with Crippen LogP contribution in [0.1, 0.15) is 106 Å². The molecule has 0 amide bonds. The van der Waals surface area contributed by atoms with Crippen LogP contribution in [-0.2, 0) is 0 Å². The lowest BCUT2D eigenvalue weighted by molar-refractivity contribution is -0.0359. The molecular formula is C28H38O5. The lowest BCUT2D eigenvalue weighted by Crippen LogP contribution is -2.51. The van der Waals surface area contributed by atoms with Crippen molar-refractivity contribution in [3.05, 3.63) is 28.3 Å². The number of hydrogen-bond acceptors (Lipinski definition) is 5. The van der Waals surface area contributed by atoms with Crippen molar-refractivity contribution in [2.24, 2.45) is 28.6 Å². The average Bonchev–Trinajstić information content (AvgIpc) is 3.04. The van der Waals surface area contributed by atoms with Crippen LogP contribution >= 0.6 is 0 Å². The number of rotatable bonds is 5. The number of benzene rings is 1. The minimum absolute atomic E-state index is 0.0284. The molecule has 0 bridgehead atoms. The van der Waals surface area contributed by atoms with Crippen LogP contribution in [0, 0.1) is 28.6 Å². The van der Waals surface area contributed by atoms with E-state index in [-0.39, 0.29) is 45.5 Å². The molecule has 0 aromatic heterocycles. The Kier molecular flexibility index (Phi) is 5.91. The van der Waals surface area contributed by atoms with Crippen LogP contribution in [0.25, 0.3) is 0 Å². The maximum absolute atomic E-state index is 12.1. The first-order valence-electron chi connectivity index (χ1n) is 12.4. The highest BCUT2D eigenvalue weighted by Gasteiger charge is 2.64. The maximum Gasteiger partial charge on any atom is 0.157 e. The fourth-order valence-electron chi connectivity index (χ4n) is 7.02. The van der Waals surface area contributed by atoms with Crippen LogP contribution in [-0.4, -0.2) is 28.9 Å². The third-order valence-electron chi connectivity index (χ3n) is 9.00. The number of aldehydes is 2. The van der Waals surface area contributed by atoms with Crippen LogP contribution in [0.4, 0.5) is 0 Å². The highest BCUT2D eigenvalue weighted by molar-refractivity contribution is 5.95. The molecule has 3 aliphatic rings. The Morgan fingerprint density at radius 1 is 1.09 bits per heavy atom. The van der Waals surface area contributed by atoms with Crippen molar-refractivity contribution < 1.29 is 24.5 Å². The molecule has 1 aromatic carbocycles. The highest BCUT2D eigenvalue weighted by atomic mass is 16.5. The van der Waals surface area contributed by atoms with E-state index >= 15 is 0 Å². The molecule has 33 heavy (non-hydrogen) atoms. The Labute approximate surface area is 197 Å². The van der Waals surface area contributed by atoms with Gasteiger partial charge >= 0.3 is 0 Å². The van der Waals surface area contributed by atoms with Gasteiger partial charge in [0.15, 0.2) is 12.6 Å². The number of phenols is 2. The fraction of sp³-hybridized carbons (Fsp3) is 0.643. The number of hydrogen-bond donors (Lipinski definition) is 2. The van der Waals surface area contributed by atoms with Crippen molar-refractivity contribution >= 4 is 12.6 Å². The number of carbonyl (C=O) groups excluding carboxylic acids is 2. The zero-order valence-electron chi connectivity index (χ0n) is 20.8. The average molecular weight is 455 g/mol. The normalized spacial score (nSPS) is 33.0. The predicted molar refractivity (Wildman–Crippen MR) is 128 cm³/mol. The molecule has 5 atom stereocenters. The van der Waals surface area contributed by atoms with Crippen molar-refractivity contribution in [3.8, 4) is 17.2 Å². The number of aromatic hydroxyl groups is 2. The van der Waals surface area contributed by atoms with Crippen LogP contribution in [0.2, 0.25) is 0 Å². The summed E-state index contributed by atoms with van der Waals surface area (Å²) in [7, 11) is 0. The smallest absolute Gasteiger partial charge is 0.157 e. The molecule has 0 radical (unpaired) electrons. The van der Waals surface area contributed by atoms with E-state index in [9.17, 15) is 19.8 Å². The second-order valence-corrected chi connectivity index (χ2v) is 11.6. The Balaban J connectivity index is 2.00. The van der Waals surface area contributed by atoms with E-state index in [4.69, 9.17) is 4.74 Å². The van der Waals surface area contributed by atoms with E-state index in [0.717, 1.165) is 32.1 Å². The summed E-state index contributed by atoms with van der Waals surface area (Å²) in [6.45, 7) is 13.3. The van der Waals surface area contributed by atoms with Gasteiger partial charge in [-0.05, 0) is 49.9 Å². The van der Waals surface area contributed by atoms with Crippen molar-refractivity contribution in [1.82, 2.24) is 0 Å². The second kappa shape index (κ2) is 8.18. The Morgan fingerprint density at radius 3 is 2.33 bits per heavy atom. The largest absolute Gasteiger partial charge is 0.507 e. The van der Waals surface area contributed by atoms with Gasteiger partial charge < -0.3 is 14.9 Å². The van der Waals surface area contributed by atoms with Crippen LogP contribution in [0.3, 0.4) is 0 Å². The van der Waals surface area contributed by atoms with Gasteiger partial charge in [0, 0.05) is 22.3 Å². The van der Waals surface area contributed by atoms with Gasteiger partial charge in [-0.2, -0.15) is 0 Å². The highest BCUT2D eigenvalue weighted by Crippen LogP contribution is 2.68. The Bertz CT molecular complexity index is 1010. The molecule has 5 heteroatoms. The monoisotopic (exact) mass is 454 g/mol. The van der Waals surface area contributed by atoms with Crippen molar-refractivity contribution in [3.63, 3.8) is 0 Å². The molecule has 1 fully saturated rings. The summed E-state index contributed by atoms with van der Waals surface area (Å²) in [6, 6.07) is 0. The van der Waals surface area contributed by atoms with E-state index in [0.29, 0.717) is 35.9 Å². The van der Waals surface area contributed by atoms with E-state index in [1.54, 1.807) is 0 Å². The summed E-state index contributed by atoms with van der Waals surface area (Å²) >= 11 is 0. The van der Waals surface area contributed by atoms with Crippen molar-refractivity contribution in [2.45, 2.75) is 85.7 Å². The minimum atomic E-state index is -0.495. The summed E-state index contributed by atoms with van der Waals surface area (Å²) in [4.78, 5) is 23.8. The molecule has 2 N–H and O–H groups in total. The standard InChI is InChI=1S/C28H38O5/c1-15(2)11-21-22-24(32)19(13-29)23(31)20(14-30)25(22)33-26-27(21,6)9-10-28(26)12-18(16(3)4)8-7-17(28)5/h12-17,21,26,31-32H,7-11H2,1-6H3/t17-,21-,26+,27-,28-/m0/s1. The van der Waals surface area contributed by atoms with Gasteiger partial charge in [-0.15, -0.1) is 0 Å². The zero-order chi connectivity index (χ0) is 24.3. The van der Waals surface area contributed by atoms with Gasteiger partial charge in [0.1, 0.15) is 23.4 Å². The molecule has 1 saturated carbocycles. The Hall–Kier alpha value is -2.30. The van der Waals surface area contributed by atoms with Crippen molar-refractivity contribution in [1.29, 1.82) is 0 Å². The molecule has 1 spiro atoms. The molecule has 2 aliphatic carbocycles. The lowest BCUT2D eigenvalue weighted by atomic mass is 9.59. The molecule has 1 heterocycles. The molecule has 0 saturated heterocycles. The fourth-order valence-corrected chi connectivity index (χ4v) is 7.02. The van der Waals surface area contributed by atoms with Gasteiger partial charge in [-0.25, -0.2) is 0 Å². The first-order valence-corrected chi connectivity index (χ1v) is 12.4. The summed E-state index contributed by atoms with van der Waals surface area (Å²) < 4.78 is 6.73. The summed E-state index contributed by atoms with van der Waals surface area (Å²) in [6.07, 6.45) is 8.19. The molecule has 0 unspecified atom stereocenters. The molecular weight excluding hydrogens is 416 g/mol. The molecule has 180 valence electrons. The van der Waals surface area contributed by atoms with E-state index in [1.807, 2.05) is 0 Å². The van der Waals surface area contributed by atoms with E-state index < -0.39 is 5.75 Å². The summed E-state index contributed by atoms with van der Waals surface area (Å²) in [5.41, 5.74) is 1.29. The zero-order valence-corrected chi connectivity index (χ0v) is 20.8. The van der Waals surface area contributed by atoms with Crippen molar-refractivity contribution in [2.75, 3.05) is 0 Å². The predicted octanol–water partition coefficient (Wildman–Crippen LogP) is 6.41. The van der Waals surface area contributed by atoms with E-state index in [2.05, 4.69) is 47.6 Å². The molecule has 4 rings (SSSR count). The second-order valence-electron chi connectivity index (χ2n) is 11.6. The van der Waals surface area contributed by atoms with Crippen LogP contribution in [0.5, 0.6) is 17.2 Å². The summed E-state index contributed by atoms with van der Waals surface area (Å²) in [5, 5.41) is 21.8. The number of phenolic OH excluding ortho intramolecular Hbond substituents is 2. The number of carbonyl (C=O) groups is 2. The third kappa shape index (κ3) is 3.33. The van der Waals surface area contributed by atoms with Gasteiger partial charge in [0.2, 0.25) is 0 Å². The van der Waals surface area contributed by atoms with Gasteiger partial charge in [-0.1, -0.05) is 53.2 Å². The van der Waals surface area contributed by atoms with Gasteiger partial charge in [0.25, 0.3) is 0 Å². The SMILES string of the molecule is CC(C)C[C@H]1c2c(O)c(C=O)c(O)c(C=O)c2O[C@@H]2[C@@]1(C)CC[C@@]21C=C(C(C)C)CC[C@@H]1C. The first-order chi connectivity index (χ1) is 15.5. The summed E-state index contributed by atoms with van der Waals surface area (Å²) in [5.74, 6) is 0.662. The number of fused-ring (bicyclic) bond motifs is 3. The quantitative estimate of drug-likeness (QED) is 0.397. The number of allylic oxidation sites excluding steroid dienone is 1. The van der Waals surface area contributed by atoms with Gasteiger partial charge in [-0.3, -0.25) is 9.59 Å². The lowest BCUT2D eigenvalue weighted by Gasteiger charge is -2.52. The Morgan fingerprint density at radius 2 is 1.76 bits per heavy atom. The first kappa shape index (κ1) is 23.8.